The molecule has 3 rings (SSSR count). The van der Waals surface area contributed by atoms with Gasteiger partial charge in [0, 0.05) is 64.0 Å². The van der Waals surface area contributed by atoms with Crippen molar-refractivity contribution < 1.29 is 4.79 Å². The van der Waals surface area contributed by atoms with Crippen molar-refractivity contribution in [3.63, 3.8) is 0 Å². The standard InChI is InChI=1S/C18H29N5O/c1-14-11-17(20-13-19-14)21(2)15-7-9-23(10-8-15)12-16-5-4-6-18(24)22(16)3/h11,13,15-16H,4-10,12H2,1-3H3. The van der Waals surface area contributed by atoms with Crippen molar-refractivity contribution in [2.75, 3.05) is 38.6 Å². The summed E-state index contributed by atoms with van der Waals surface area (Å²) in [6.07, 6.45) is 6.83. The van der Waals surface area contributed by atoms with E-state index in [1.165, 1.54) is 0 Å². The van der Waals surface area contributed by atoms with E-state index in [4.69, 9.17) is 0 Å². The fourth-order valence-electron chi connectivity index (χ4n) is 3.88. The topological polar surface area (TPSA) is 52.6 Å². The van der Waals surface area contributed by atoms with Gasteiger partial charge in [-0.05, 0) is 32.6 Å². The summed E-state index contributed by atoms with van der Waals surface area (Å²) in [6, 6.07) is 2.97. The zero-order valence-corrected chi connectivity index (χ0v) is 15.1. The predicted molar refractivity (Wildman–Crippen MR) is 95.0 cm³/mol. The van der Waals surface area contributed by atoms with E-state index in [-0.39, 0.29) is 0 Å². The van der Waals surface area contributed by atoms with E-state index < -0.39 is 0 Å². The van der Waals surface area contributed by atoms with E-state index in [9.17, 15) is 4.79 Å². The van der Waals surface area contributed by atoms with Crippen LogP contribution in [0, 0.1) is 6.92 Å². The predicted octanol–water partition coefficient (Wildman–Crippen LogP) is 1.70. The summed E-state index contributed by atoms with van der Waals surface area (Å²) >= 11 is 0. The van der Waals surface area contributed by atoms with Crippen molar-refractivity contribution in [3.8, 4) is 0 Å². The first-order valence-electron chi connectivity index (χ1n) is 9.04. The number of rotatable bonds is 4. The fourth-order valence-corrected chi connectivity index (χ4v) is 3.88. The number of hydrogen-bond acceptors (Lipinski definition) is 5. The van der Waals surface area contributed by atoms with Gasteiger partial charge in [-0.25, -0.2) is 9.97 Å². The van der Waals surface area contributed by atoms with Crippen LogP contribution >= 0.6 is 0 Å². The van der Waals surface area contributed by atoms with Crippen LogP contribution in [0.2, 0.25) is 0 Å². The van der Waals surface area contributed by atoms with Gasteiger partial charge >= 0.3 is 0 Å². The number of nitrogens with zero attached hydrogens (tertiary/aromatic N) is 5. The van der Waals surface area contributed by atoms with Crippen LogP contribution in [0.4, 0.5) is 5.82 Å². The number of hydrogen-bond donors (Lipinski definition) is 0. The molecule has 2 fully saturated rings. The molecule has 2 aliphatic heterocycles. The van der Waals surface area contributed by atoms with Crippen molar-refractivity contribution in [1.82, 2.24) is 19.8 Å². The number of carbonyl (C=O) groups excluding carboxylic acids is 1. The summed E-state index contributed by atoms with van der Waals surface area (Å²) in [5, 5.41) is 0. The molecule has 24 heavy (non-hydrogen) atoms. The minimum atomic E-state index is 0.306. The molecule has 3 heterocycles. The van der Waals surface area contributed by atoms with Gasteiger partial charge < -0.3 is 14.7 Å². The Morgan fingerprint density at radius 2 is 2.00 bits per heavy atom. The molecule has 1 unspecified atom stereocenters. The van der Waals surface area contributed by atoms with Gasteiger partial charge in [0.25, 0.3) is 0 Å². The zero-order valence-electron chi connectivity index (χ0n) is 15.1. The maximum atomic E-state index is 11.9. The normalized spacial score (nSPS) is 23.5. The molecule has 0 saturated carbocycles. The molecule has 0 aliphatic carbocycles. The van der Waals surface area contributed by atoms with E-state index in [0.29, 0.717) is 18.0 Å². The molecule has 6 nitrogen and oxygen atoms in total. The Hall–Kier alpha value is -1.69. The van der Waals surface area contributed by atoms with Crippen molar-refractivity contribution in [2.45, 2.75) is 51.1 Å². The number of amides is 1. The van der Waals surface area contributed by atoms with Crippen LogP contribution in [0.25, 0.3) is 0 Å². The van der Waals surface area contributed by atoms with E-state index in [2.05, 4.69) is 32.9 Å². The second-order valence-electron chi connectivity index (χ2n) is 7.21. The highest BCUT2D eigenvalue weighted by Crippen LogP contribution is 2.23. The number of anilines is 1. The summed E-state index contributed by atoms with van der Waals surface area (Å²) in [5.74, 6) is 1.32. The number of likely N-dealkylation sites (N-methyl/N-ethyl adjacent to an activating group) is 1. The third kappa shape index (κ3) is 3.86. The molecule has 0 bridgehead atoms. The van der Waals surface area contributed by atoms with Gasteiger partial charge in [0.05, 0.1) is 0 Å². The molecule has 2 saturated heterocycles. The van der Waals surface area contributed by atoms with Crippen LogP contribution < -0.4 is 4.90 Å². The smallest absolute Gasteiger partial charge is 0.222 e. The summed E-state index contributed by atoms with van der Waals surface area (Å²) < 4.78 is 0. The third-order valence-electron chi connectivity index (χ3n) is 5.59. The lowest BCUT2D eigenvalue weighted by Gasteiger charge is -2.41. The maximum Gasteiger partial charge on any atom is 0.222 e. The number of carbonyl (C=O) groups is 1. The van der Waals surface area contributed by atoms with Gasteiger partial charge in [-0.3, -0.25) is 4.79 Å². The molecule has 1 amide bonds. The Morgan fingerprint density at radius 3 is 2.71 bits per heavy atom. The summed E-state index contributed by atoms with van der Waals surface area (Å²) in [7, 11) is 4.10. The van der Waals surface area contributed by atoms with Gasteiger partial charge in [0.15, 0.2) is 0 Å². The molecule has 1 aromatic heterocycles. The first-order chi connectivity index (χ1) is 11.5. The van der Waals surface area contributed by atoms with E-state index in [1.54, 1.807) is 6.33 Å². The third-order valence-corrected chi connectivity index (χ3v) is 5.59. The first kappa shape index (κ1) is 17.1. The van der Waals surface area contributed by atoms with Crippen LogP contribution in [0.5, 0.6) is 0 Å². The Balaban J connectivity index is 1.51. The molecule has 2 aliphatic rings. The molecule has 0 aromatic carbocycles. The molecule has 0 N–H and O–H groups in total. The van der Waals surface area contributed by atoms with Crippen molar-refractivity contribution in [2.24, 2.45) is 0 Å². The number of likely N-dealkylation sites (tertiary alicyclic amines) is 2. The van der Waals surface area contributed by atoms with Gasteiger partial charge in [-0.2, -0.15) is 0 Å². The van der Waals surface area contributed by atoms with Gasteiger partial charge in [0.1, 0.15) is 12.1 Å². The average Bonchev–Trinajstić information content (AvgIpc) is 2.59. The van der Waals surface area contributed by atoms with Crippen molar-refractivity contribution >= 4 is 11.7 Å². The average molecular weight is 331 g/mol. The lowest BCUT2D eigenvalue weighted by molar-refractivity contribution is -0.135. The molecule has 132 valence electrons. The Bertz CT molecular complexity index is 570. The fraction of sp³-hybridized carbons (Fsp3) is 0.722. The zero-order chi connectivity index (χ0) is 17.1. The molecular formula is C18H29N5O. The van der Waals surface area contributed by atoms with Crippen LogP contribution in [-0.4, -0.2) is 71.5 Å². The second kappa shape index (κ2) is 7.47. The number of piperidine rings is 2. The lowest BCUT2D eigenvalue weighted by atomic mass is 9.99. The Morgan fingerprint density at radius 1 is 1.25 bits per heavy atom. The second-order valence-corrected chi connectivity index (χ2v) is 7.21. The largest absolute Gasteiger partial charge is 0.356 e. The van der Waals surface area contributed by atoms with Gasteiger partial charge in [0.2, 0.25) is 5.91 Å². The minimum absolute atomic E-state index is 0.306. The lowest BCUT2D eigenvalue weighted by Crippen LogP contribution is -2.51. The number of aryl methyl sites for hydroxylation is 1. The van der Waals surface area contributed by atoms with E-state index in [1.807, 2.05) is 18.9 Å². The quantitative estimate of drug-likeness (QED) is 0.840. The molecule has 0 spiro atoms. The highest BCUT2D eigenvalue weighted by Gasteiger charge is 2.29. The molecule has 1 atom stereocenters. The van der Waals surface area contributed by atoms with Crippen molar-refractivity contribution in [3.05, 3.63) is 18.1 Å². The van der Waals surface area contributed by atoms with Crippen molar-refractivity contribution in [1.29, 1.82) is 0 Å². The maximum absolute atomic E-state index is 11.9. The monoisotopic (exact) mass is 331 g/mol. The highest BCUT2D eigenvalue weighted by molar-refractivity contribution is 5.76. The number of aromatic nitrogens is 2. The van der Waals surface area contributed by atoms with Crippen LogP contribution in [0.1, 0.15) is 37.8 Å². The summed E-state index contributed by atoms with van der Waals surface area (Å²) in [5.41, 5.74) is 1.01. The first-order valence-corrected chi connectivity index (χ1v) is 9.04. The Kier molecular flexibility index (Phi) is 5.33. The molecule has 0 radical (unpaired) electrons. The van der Waals surface area contributed by atoms with Crippen LogP contribution in [0.15, 0.2) is 12.4 Å². The summed E-state index contributed by atoms with van der Waals surface area (Å²) in [4.78, 5) is 27.2. The highest BCUT2D eigenvalue weighted by atomic mass is 16.2. The van der Waals surface area contributed by atoms with E-state index >= 15 is 0 Å². The molecule has 6 heteroatoms. The van der Waals surface area contributed by atoms with Crippen LogP contribution in [0.3, 0.4) is 0 Å². The molecular weight excluding hydrogens is 302 g/mol. The molecule has 1 aromatic rings. The van der Waals surface area contributed by atoms with Gasteiger partial charge in [-0.1, -0.05) is 0 Å². The SMILES string of the molecule is Cc1cc(N(C)C2CCN(CC3CCCC(=O)N3C)CC2)ncn1. The van der Waals surface area contributed by atoms with E-state index in [0.717, 1.165) is 63.3 Å². The van der Waals surface area contributed by atoms with Gasteiger partial charge in [-0.15, -0.1) is 0 Å². The summed E-state index contributed by atoms with van der Waals surface area (Å²) in [6.45, 7) is 5.21. The Labute approximate surface area is 144 Å². The minimum Gasteiger partial charge on any atom is -0.356 e. The van der Waals surface area contributed by atoms with Crippen LogP contribution in [-0.2, 0) is 4.79 Å².